The summed E-state index contributed by atoms with van der Waals surface area (Å²) in [6.45, 7) is 2.19. The minimum Gasteiger partial charge on any atom is -0.327 e. The van der Waals surface area contributed by atoms with Crippen LogP contribution < -0.4 is 5.73 Å². The van der Waals surface area contributed by atoms with Gasteiger partial charge in [0.05, 0.1) is 0 Å². The summed E-state index contributed by atoms with van der Waals surface area (Å²) in [5, 5.41) is 0. The zero-order chi connectivity index (χ0) is 13.2. The summed E-state index contributed by atoms with van der Waals surface area (Å²) in [6, 6.07) is 17.0. The summed E-state index contributed by atoms with van der Waals surface area (Å²) < 4.78 is 0. The maximum absolute atomic E-state index is 6.44. The lowest BCUT2D eigenvalue weighted by molar-refractivity contribution is 0.492. The van der Waals surface area contributed by atoms with Gasteiger partial charge in [-0.05, 0) is 36.0 Å². The molecule has 19 heavy (non-hydrogen) atoms. The number of rotatable bonds is 4. The minimum absolute atomic E-state index is 0.195. The lowest BCUT2D eigenvalue weighted by atomic mass is 9.92. The van der Waals surface area contributed by atoms with Crippen LogP contribution >= 0.6 is 0 Å². The van der Waals surface area contributed by atoms with Gasteiger partial charge in [0.2, 0.25) is 0 Å². The second kappa shape index (κ2) is 5.14. The van der Waals surface area contributed by atoms with Gasteiger partial charge in [0.1, 0.15) is 0 Å². The van der Waals surface area contributed by atoms with E-state index in [9.17, 15) is 0 Å². The van der Waals surface area contributed by atoms with Crippen molar-refractivity contribution in [3.05, 3.63) is 66.0 Å². The molecule has 0 radical (unpaired) electrons. The number of aromatic nitrogens is 1. The average Bonchev–Trinajstić information content (AvgIpc) is 3.28. The second-order valence-corrected chi connectivity index (χ2v) is 5.54. The molecule has 2 N–H and O–H groups in total. The number of hydrogen-bond acceptors (Lipinski definition) is 2. The van der Waals surface area contributed by atoms with Gasteiger partial charge in [0.25, 0.3) is 0 Å². The molecule has 1 aromatic heterocycles. The molecule has 1 aromatic carbocycles. The highest BCUT2D eigenvalue weighted by molar-refractivity contribution is 5.27. The van der Waals surface area contributed by atoms with Gasteiger partial charge in [-0.2, -0.15) is 0 Å². The molecule has 98 valence electrons. The van der Waals surface area contributed by atoms with Crippen LogP contribution in [0.4, 0.5) is 0 Å². The molecule has 4 atom stereocenters. The molecule has 3 rings (SSSR count). The SMILES string of the molecule is CC(c1ccccn1)C(N)C1CC1c1ccccc1. The Morgan fingerprint density at radius 3 is 2.53 bits per heavy atom. The molecule has 2 heteroatoms. The number of pyridine rings is 1. The Labute approximate surface area is 114 Å². The quantitative estimate of drug-likeness (QED) is 0.906. The van der Waals surface area contributed by atoms with Crippen LogP contribution in [-0.4, -0.2) is 11.0 Å². The average molecular weight is 252 g/mol. The second-order valence-electron chi connectivity index (χ2n) is 5.54. The monoisotopic (exact) mass is 252 g/mol. The highest BCUT2D eigenvalue weighted by Gasteiger charge is 2.44. The van der Waals surface area contributed by atoms with Crippen molar-refractivity contribution < 1.29 is 0 Å². The van der Waals surface area contributed by atoms with E-state index in [0.29, 0.717) is 17.8 Å². The van der Waals surface area contributed by atoms with Gasteiger partial charge in [-0.25, -0.2) is 0 Å². The maximum atomic E-state index is 6.44. The van der Waals surface area contributed by atoms with Gasteiger partial charge < -0.3 is 5.73 Å². The Morgan fingerprint density at radius 1 is 1.11 bits per heavy atom. The van der Waals surface area contributed by atoms with Crippen LogP contribution in [0.1, 0.15) is 36.4 Å². The van der Waals surface area contributed by atoms with Crippen LogP contribution in [0.3, 0.4) is 0 Å². The maximum Gasteiger partial charge on any atom is 0.0447 e. The molecule has 1 aliphatic carbocycles. The summed E-state index contributed by atoms with van der Waals surface area (Å²) in [4.78, 5) is 4.43. The van der Waals surface area contributed by atoms with Crippen LogP contribution in [-0.2, 0) is 0 Å². The summed E-state index contributed by atoms with van der Waals surface area (Å²) in [6.07, 6.45) is 3.06. The number of nitrogens with zero attached hydrogens (tertiary/aromatic N) is 1. The van der Waals surface area contributed by atoms with Gasteiger partial charge in [0, 0.05) is 23.9 Å². The Hall–Kier alpha value is -1.67. The van der Waals surface area contributed by atoms with E-state index < -0.39 is 0 Å². The largest absolute Gasteiger partial charge is 0.327 e. The molecule has 2 aromatic rings. The van der Waals surface area contributed by atoms with E-state index in [-0.39, 0.29) is 6.04 Å². The summed E-state index contributed by atoms with van der Waals surface area (Å²) in [5.74, 6) is 1.56. The number of hydrogen-bond donors (Lipinski definition) is 1. The minimum atomic E-state index is 0.195. The third-order valence-corrected chi connectivity index (χ3v) is 4.29. The van der Waals surface area contributed by atoms with Crippen molar-refractivity contribution in [1.29, 1.82) is 0 Å². The van der Waals surface area contributed by atoms with Crippen molar-refractivity contribution in [1.82, 2.24) is 4.98 Å². The molecule has 1 fully saturated rings. The van der Waals surface area contributed by atoms with Crippen LogP contribution in [0.15, 0.2) is 54.7 Å². The molecular formula is C17H20N2. The zero-order valence-electron chi connectivity index (χ0n) is 11.2. The van der Waals surface area contributed by atoms with E-state index in [4.69, 9.17) is 5.73 Å². The smallest absolute Gasteiger partial charge is 0.0447 e. The Kier molecular flexibility index (Phi) is 3.34. The Morgan fingerprint density at radius 2 is 1.84 bits per heavy atom. The third-order valence-electron chi connectivity index (χ3n) is 4.29. The van der Waals surface area contributed by atoms with Crippen LogP contribution in [0.5, 0.6) is 0 Å². The van der Waals surface area contributed by atoms with E-state index >= 15 is 0 Å². The van der Waals surface area contributed by atoms with E-state index in [1.165, 1.54) is 12.0 Å². The molecule has 1 aliphatic rings. The number of nitrogens with two attached hydrogens (primary N) is 1. The van der Waals surface area contributed by atoms with Crippen LogP contribution in [0.2, 0.25) is 0 Å². The molecule has 0 aliphatic heterocycles. The fraction of sp³-hybridized carbons (Fsp3) is 0.353. The predicted molar refractivity (Wildman–Crippen MR) is 77.9 cm³/mol. The summed E-state index contributed by atoms with van der Waals surface area (Å²) in [7, 11) is 0. The molecule has 0 amide bonds. The third kappa shape index (κ3) is 2.54. The van der Waals surface area contributed by atoms with Crippen molar-refractivity contribution in [3.63, 3.8) is 0 Å². The van der Waals surface area contributed by atoms with E-state index in [0.717, 1.165) is 5.69 Å². The first-order chi connectivity index (χ1) is 9.27. The zero-order valence-corrected chi connectivity index (χ0v) is 11.2. The predicted octanol–water partition coefficient (Wildman–Crippen LogP) is 3.32. The fourth-order valence-electron chi connectivity index (χ4n) is 2.94. The van der Waals surface area contributed by atoms with Crippen molar-refractivity contribution in [2.24, 2.45) is 11.7 Å². The van der Waals surface area contributed by atoms with Crippen molar-refractivity contribution in [2.45, 2.75) is 31.2 Å². The van der Waals surface area contributed by atoms with Crippen molar-refractivity contribution >= 4 is 0 Å². The van der Waals surface area contributed by atoms with Crippen molar-refractivity contribution in [3.8, 4) is 0 Å². The molecule has 0 saturated heterocycles. The normalized spacial score (nSPS) is 24.7. The highest BCUT2D eigenvalue weighted by atomic mass is 14.8. The van der Waals surface area contributed by atoms with Gasteiger partial charge in [-0.15, -0.1) is 0 Å². The summed E-state index contributed by atoms with van der Waals surface area (Å²) >= 11 is 0. The van der Waals surface area contributed by atoms with E-state index in [1.807, 2.05) is 18.3 Å². The molecule has 0 bridgehead atoms. The Balaban J connectivity index is 1.68. The lowest BCUT2D eigenvalue weighted by Gasteiger charge is -2.19. The van der Waals surface area contributed by atoms with Gasteiger partial charge >= 0.3 is 0 Å². The molecular weight excluding hydrogens is 232 g/mol. The molecule has 1 saturated carbocycles. The Bertz CT molecular complexity index is 523. The fourth-order valence-corrected chi connectivity index (χ4v) is 2.94. The van der Waals surface area contributed by atoms with Crippen LogP contribution in [0, 0.1) is 5.92 Å². The first kappa shape index (κ1) is 12.4. The molecule has 0 spiro atoms. The highest BCUT2D eigenvalue weighted by Crippen LogP contribution is 2.51. The topological polar surface area (TPSA) is 38.9 Å². The van der Waals surface area contributed by atoms with E-state index in [2.05, 4.69) is 48.3 Å². The number of benzene rings is 1. The van der Waals surface area contributed by atoms with E-state index in [1.54, 1.807) is 0 Å². The van der Waals surface area contributed by atoms with Gasteiger partial charge in [-0.1, -0.05) is 43.3 Å². The molecule has 2 nitrogen and oxygen atoms in total. The van der Waals surface area contributed by atoms with Gasteiger partial charge in [0.15, 0.2) is 0 Å². The standard InChI is InChI=1S/C17H20N2/c1-12(16-9-5-6-10-19-16)17(18)15-11-14(15)13-7-3-2-4-8-13/h2-10,12,14-15,17H,11,18H2,1H3. The summed E-state index contributed by atoms with van der Waals surface area (Å²) in [5.41, 5.74) is 8.97. The first-order valence-corrected chi connectivity index (χ1v) is 6.99. The van der Waals surface area contributed by atoms with Gasteiger partial charge in [-0.3, -0.25) is 4.98 Å². The van der Waals surface area contributed by atoms with Crippen LogP contribution in [0.25, 0.3) is 0 Å². The molecule has 4 unspecified atom stereocenters. The first-order valence-electron chi connectivity index (χ1n) is 6.99. The molecule has 1 heterocycles. The lowest BCUT2D eigenvalue weighted by Crippen LogP contribution is -2.30. The van der Waals surface area contributed by atoms with Crippen molar-refractivity contribution in [2.75, 3.05) is 0 Å².